The zero-order valence-corrected chi connectivity index (χ0v) is 13.7. The predicted molar refractivity (Wildman–Crippen MR) is 80.7 cm³/mol. The molecule has 114 valence electrons. The molecule has 0 spiro atoms. The molecule has 0 fully saturated rings. The normalized spacial score (nSPS) is 11.6. The highest BCUT2D eigenvalue weighted by Crippen LogP contribution is 2.35. The maximum absolute atomic E-state index is 12.9. The van der Waals surface area contributed by atoms with Gasteiger partial charge in [0.05, 0.1) is 11.3 Å². The van der Waals surface area contributed by atoms with Crippen LogP contribution in [0.15, 0.2) is 12.1 Å². The Hall–Kier alpha value is -1.74. The molecule has 21 heavy (non-hydrogen) atoms. The maximum Gasteiger partial charge on any atom is 0.416 e. The van der Waals surface area contributed by atoms with Crippen molar-refractivity contribution in [3.05, 3.63) is 28.8 Å². The third-order valence-electron chi connectivity index (χ3n) is 2.55. The van der Waals surface area contributed by atoms with Gasteiger partial charge in [-0.15, -0.1) is 5.54 Å². The van der Waals surface area contributed by atoms with Gasteiger partial charge in [0.2, 0.25) is 5.91 Å². The zero-order valence-electron chi connectivity index (χ0n) is 12.7. The van der Waals surface area contributed by atoms with Gasteiger partial charge in [-0.05, 0) is 24.6 Å². The topological polar surface area (TPSA) is 29.1 Å². The summed E-state index contributed by atoms with van der Waals surface area (Å²) in [4.78, 5) is 11.2. The molecule has 1 aromatic carbocycles. The standard InChI is InChI=1S/C15H18F3NOSi/c1-10-8-12(6-7-21(3,4)5)14(19-11(2)20)9-13(10)15(16,17)18/h8-9H,1-5H3,(H,19,20). The SMILES string of the molecule is CC(=O)Nc1cc(C(F)(F)F)c(C)cc1C#C[Si](C)(C)C. The minimum atomic E-state index is -4.46. The summed E-state index contributed by atoms with van der Waals surface area (Å²) in [5, 5.41) is 2.42. The number of carbonyl (C=O) groups is 1. The van der Waals surface area contributed by atoms with Crippen LogP contribution in [0.5, 0.6) is 0 Å². The first-order valence-corrected chi connectivity index (χ1v) is 9.93. The summed E-state index contributed by atoms with van der Waals surface area (Å²) < 4.78 is 38.8. The fourth-order valence-electron chi connectivity index (χ4n) is 1.66. The van der Waals surface area contributed by atoms with E-state index in [4.69, 9.17) is 0 Å². The first kappa shape index (κ1) is 17.3. The van der Waals surface area contributed by atoms with E-state index >= 15 is 0 Å². The van der Waals surface area contributed by atoms with Gasteiger partial charge in [-0.25, -0.2) is 0 Å². The van der Waals surface area contributed by atoms with Crippen LogP contribution in [0.2, 0.25) is 19.6 Å². The number of alkyl halides is 3. The van der Waals surface area contributed by atoms with Crippen molar-refractivity contribution in [1.29, 1.82) is 0 Å². The lowest BCUT2D eigenvalue weighted by atomic mass is 10.0. The Labute approximate surface area is 123 Å². The first-order valence-electron chi connectivity index (χ1n) is 6.43. The second-order valence-corrected chi connectivity index (χ2v) is 10.6. The van der Waals surface area contributed by atoms with Crippen molar-refractivity contribution < 1.29 is 18.0 Å². The lowest BCUT2D eigenvalue weighted by molar-refractivity contribution is -0.138. The average Bonchev–Trinajstić information content (AvgIpc) is 2.25. The number of carbonyl (C=O) groups excluding carboxylic acids is 1. The van der Waals surface area contributed by atoms with Gasteiger partial charge >= 0.3 is 6.18 Å². The number of hydrogen-bond donors (Lipinski definition) is 1. The van der Waals surface area contributed by atoms with Crippen LogP contribution in [-0.4, -0.2) is 14.0 Å². The van der Waals surface area contributed by atoms with E-state index in [2.05, 4.69) is 16.8 Å². The van der Waals surface area contributed by atoms with E-state index in [9.17, 15) is 18.0 Å². The minimum absolute atomic E-state index is 0.0940. The van der Waals surface area contributed by atoms with E-state index in [1.54, 1.807) is 0 Å². The third-order valence-corrected chi connectivity index (χ3v) is 3.43. The van der Waals surface area contributed by atoms with Crippen LogP contribution in [0.1, 0.15) is 23.6 Å². The van der Waals surface area contributed by atoms with E-state index in [1.807, 2.05) is 19.6 Å². The predicted octanol–water partition coefficient (Wildman–Crippen LogP) is 4.20. The van der Waals surface area contributed by atoms with Gasteiger partial charge in [0, 0.05) is 12.5 Å². The highest BCUT2D eigenvalue weighted by atomic mass is 28.3. The molecule has 1 amide bonds. The Bertz CT molecular complexity index is 619. The Morgan fingerprint density at radius 3 is 2.24 bits per heavy atom. The molecule has 0 unspecified atom stereocenters. The summed E-state index contributed by atoms with van der Waals surface area (Å²) in [5.41, 5.74) is 2.95. The van der Waals surface area contributed by atoms with Crippen molar-refractivity contribution in [2.45, 2.75) is 39.7 Å². The second-order valence-electron chi connectivity index (χ2n) is 5.89. The fourth-order valence-corrected chi connectivity index (χ4v) is 2.17. The summed E-state index contributed by atoms with van der Waals surface area (Å²) in [6.45, 7) is 8.75. The molecule has 0 saturated carbocycles. The van der Waals surface area contributed by atoms with E-state index in [-0.39, 0.29) is 11.3 Å². The molecule has 2 nitrogen and oxygen atoms in total. The van der Waals surface area contributed by atoms with Gasteiger partial charge in [0.1, 0.15) is 8.07 Å². The number of anilines is 1. The van der Waals surface area contributed by atoms with Crippen LogP contribution < -0.4 is 5.32 Å². The maximum atomic E-state index is 12.9. The number of aryl methyl sites for hydroxylation is 1. The zero-order chi connectivity index (χ0) is 16.4. The molecule has 0 aromatic heterocycles. The van der Waals surface area contributed by atoms with Gasteiger partial charge in [0.15, 0.2) is 0 Å². The lowest BCUT2D eigenvalue weighted by Crippen LogP contribution is -2.17. The van der Waals surface area contributed by atoms with Crippen molar-refractivity contribution in [1.82, 2.24) is 0 Å². The Morgan fingerprint density at radius 1 is 1.24 bits per heavy atom. The molecular formula is C15H18F3NOSi. The van der Waals surface area contributed by atoms with E-state index in [0.29, 0.717) is 5.56 Å². The molecule has 1 aromatic rings. The van der Waals surface area contributed by atoms with Crippen LogP contribution in [0.25, 0.3) is 0 Å². The van der Waals surface area contributed by atoms with Crippen molar-refractivity contribution in [3.8, 4) is 11.5 Å². The Morgan fingerprint density at radius 2 is 1.81 bits per heavy atom. The number of nitrogens with one attached hydrogen (secondary N) is 1. The Balaban J connectivity index is 3.45. The molecule has 1 N–H and O–H groups in total. The van der Waals surface area contributed by atoms with Crippen LogP contribution in [0, 0.1) is 18.4 Å². The van der Waals surface area contributed by atoms with Crippen LogP contribution >= 0.6 is 0 Å². The quantitative estimate of drug-likeness (QED) is 0.611. The highest BCUT2D eigenvalue weighted by Gasteiger charge is 2.33. The summed E-state index contributed by atoms with van der Waals surface area (Å²) in [6.07, 6.45) is -4.46. The van der Waals surface area contributed by atoms with Crippen molar-refractivity contribution in [2.24, 2.45) is 0 Å². The lowest BCUT2D eigenvalue weighted by Gasteiger charge is -2.14. The summed E-state index contributed by atoms with van der Waals surface area (Å²) >= 11 is 0. The molecular weight excluding hydrogens is 295 g/mol. The van der Waals surface area contributed by atoms with E-state index in [1.165, 1.54) is 19.9 Å². The fraction of sp³-hybridized carbons (Fsp3) is 0.400. The highest BCUT2D eigenvalue weighted by molar-refractivity contribution is 6.83. The number of benzene rings is 1. The molecule has 0 bridgehead atoms. The summed E-state index contributed by atoms with van der Waals surface area (Å²) in [6, 6.07) is 2.33. The van der Waals surface area contributed by atoms with E-state index in [0.717, 1.165) is 6.07 Å². The third kappa shape index (κ3) is 5.27. The molecule has 0 aliphatic rings. The monoisotopic (exact) mass is 313 g/mol. The van der Waals surface area contributed by atoms with E-state index < -0.39 is 25.7 Å². The number of rotatable bonds is 1. The van der Waals surface area contributed by atoms with Gasteiger partial charge < -0.3 is 5.32 Å². The van der Waals surface area contributed by atoms with Gasteiger partial charge in [0.25, 0.3) is 0 Å². The number of hydrogen-bond acceptors (Lipinski definition) is 1. The number of amides is 1. The molecule has 6 heteroatoms. The van der Waals surface area contributed by atoms with Gasteiger partial charge in [-0.3, -0.25) is 4.79 Å². The van der Waals surface area contributed by atoms with Crippen molar-refractivity contribution in [3.63, 3.8) is 0 Å². The van der Waals surface area contributed by atoms with Crippen LogP contribution in [0.4, 0.5) is 18.9 Å². The molecule has 0 radical (unpaired) electrons. The molecule has 0 aliphatic heterocycles. The molecule has 0 atom stereocenters. The molecule has 1 rings (SSSR count). The van der Waals surface area contributed by atoms with Gasteiger partial charge in [-0.2, -0.15) is 13.2 Å². The van der Waals surface area contributed by atoms with Gasteiger partial charge in [-0.1, -0.05) is 25.6 Å². The first-order chi connectivity index (χ1) is 9.40. The number of halogens is 3. The van der Waals surface area contributed by atoms with Crippen LogP contribution in [-0.2, 0) is 11.0 Å². The largest absolute Gasteiger partial charge is 0.416 e. The Kier molecular flexibility index (Phi) is 4.89. The van der Waals surface area contributed by atoms with Crippen molar-refractivity contribution in [2.75, 3.05) is 5.32 Å². The minimum Gasteiger partial charge on any atom is -0.325 e. The molecule has 0 aliphatic carbocycles. The van der Waals surface area contributed by atoms with Crippen LogP contribution in [0.3, 0.4) is 0 Å². The molecule has 0 heterocycles. The van der Waals surface area contributed by atoms with Crippen molar-refractivity contribution >= 4 is 19.7 Å². The average molecular weight is 313 g/mol. The second kappa shape index (κ2) is 5.94. The summed E-state index contributed by atoms with van der Waals surface area (Å²) in [5.74, 6) is 2.48. The summed E-state index contributed by atoms with van der Waals surface area (Å²) in [7, 11) is -1.67. The molecule has 0 saturated heterocycles. The smallest absolute Gasteiger partial charge is 0.325 e.